The maximum Gasteiger partial charge on any atom is 0.209 e. The van der Waals surface area contributed by atoms with E-state index in [1.54, 1.807) is 14.2 Å². The van der Waals surface area contributed by atoms with Crippen LogP contribution in [0.25, 0.3) is 11.0 Å². The van der Waals surface area contributed by atoms with Crippen molar-refractivity contribution in [1.29, 1.82) is 0 Å². The highest BCUT2D eigenvalue weighted by atomic mass is 16.5. The van der Waals surface area contributed by atoms with Gasteiger partial charge in [-0.1, -0.05) is 42.5 Å². The van der Waals surface area contributed by atoms with Gasteiger partial charge in [0.05, 0.1) is 31.3 Å². The van der Waals surface area contributed by atoms with Gasteiger partial charge >= 0.3 is 0 Å². The summed E-state index contributed by atoms with van der Waals surface area (Å²) in [6.07, 6.45) is 1.20. The monoisotopic (exact) mass is 451 g/mol. The predicted octanol–water partition coefficient (Wildman–Crippen LogP) is 5.47. The number of aromatic nitrogens is 2. The molecule has 6 rings (SSSR count). The Morgan fingerprint density at radius 2 is 1.68 bits per heavy atom. The van der Waals surface area contributed by atoms with E-state index in [0.29, 0.717) is 6.42 Å². The van der Waals surface area contributed by atoms with Crippen LogP contribution >= 0.6 is 0 Å². The van der Waals surface area contributed by atoms with E-state index in [1.807, 2.05) is 54.6 Å². The van der Waals surface area contributed by atoms with E-state index in [0.717, 1.165) is 57.3 Å². The molecular weight excluding hydrogens is 426 g/mol. The van der Waals surface area contributed by atoms with Gasteiger partial charge in [0.1, 0.15) is 11.5 Å². The number of imidazole rings is 1. The molecule has 2 aliphatic rings. The Balaban J connectivity index is 1.51. The van der Waals surface area contributed by atoms with Crippen molar-refractivity contribution in [1.82, 2.24) is 9.55 Å². The summed E-state index contributed by atoms with van der Waals surface area (Å²) >= 11 is 0. The number of nitrogens with zero attached hydrogens (tertiary/aromatic N) is 2. The second-order valence-corrected chi connectivity index (χ2v) is 8.76. The molecule has 0 amide bonds. The highest BCUT2D eigenvalue weighted by molar-refractivity contribution is 6.01. The molecule has 0 spiro atoms. The molecule has 1 aliphatic carbocycles. The lowest BCUT2D eigenvalue weighted by atomic mass is 9.77. The van der Waals surface area contributed by atoms with Gasteiger partial charge in [-0.15, -0.1) is 0 Å². The Morgan fingerprint density at radius 1 is 0.912 bits per heavy atom. The molecule has 1 aromatic heterocycles. The van der Waals surface area contributed by atoms with Gasteiger partial charge in [-0.3, -0.25) is 9.36 Å². The Labute approximate surface area is 197 Å². The van der Waals surface area contributed by atoms with Crippen LogP contribution in [0, 0.1) is 0 Å². The van der Waals surface area contributed by atoms with E-state index in [9.17, 15) is 4.79 Å². The fourth-order valence-electron chi connectivity index (χ4n) is 5.32. The maximum absolute atomic E-state index is 13.8. The number of para-hydroxylation sites is 3. The molecule has 1 aliphatic heterocycles. The van der Waals surface area contributed by atoms with E-state index in [2.05, 4.69) is 28.1 Å². The molecule has 6 heteroatoms. The summed E-state index contributed by atoms with van der Waals surface area (Å²) in [6.45, 7) is 0. The Morgan fingerprint density at radius 3 is 2.47 bits per heavy atom. The van der Waals surface area contributed by atoms with Gasteiger partial charge in [0.25, 0.3) is 0 Å². The summed E-state index contributed by atoms with van der Waals surface area (Å²) < 4.78 is 13.2. The van der Waals surface area contributed by atoms with Gasteiger partial charge in [0.15, 0.2) is 5.78 Å². The summed E-state index contributed by atoms with van der Waals surface area (Å²) in [6, 6.07) is 23.7. The molecule has 34 heavy (non-hydrogen) atoms. The molecule has 3 aromatic carbocycles. The van der Waals surface area contributed by atoms with Gasteiger partial charge in [-0.05, 0) is 48.2 Å². The molecule has 0 bridgehead atoms. The number of Topliss-reactive ketones (excluding diaryl/α,β-unsaturated/α-hetero) is 1. The third kappa shape index (κ3) is 3.17. The Bertz CT molecular complexity index is 1440. The number of anilines is 1. The van der Waals surface area contributed by atoms with Crippen LogP contribution in [0.2, 0.25) is 0 Å². The van der Waals surface area contributed by atoms with Crippen LogP contribution < -0.4 is 14.8 Å². The summed E-state index contributed by atoms with van der Waals surface area (Å²) in [4.78, 5) is 18.7. The number of carbonyl (C=O) groups excluding carboxylic acids is 1. The van der Waals surface area contributed by atoms with Crippen LogP contribution in [-0.4, -0.2) is 29.6 Å². The molecule has 2 atom stereocenters. The molecule has 170 valence electrons. The number of ether oxygens (including phenoxy) is 2. The highest BCUT2D eigenvalue weighted by Crippen LogP contribution is 2.47. The van der Waals surface area contributed by atoms with Crippen LogP contribution in [0.4, 0.5) is 5.95 Å². The van der Waals surface area contributed by atoms with E-state index in [-0.39, 0.29) is 17.7 Å². The van der Waals surface area contributed by atoms with Gasteiger partial charge in [0, 0.05) is 23.3 Å². The number of rotatable bonds is 4. The zero-order valence-electron chi connectivity index (χ0n) is 19.1. The molecule has 6 nitrogen and oxygen atoms in total. The lowest BCUT2D eigenvalue weighted by Crippen LogP contribution is -2.33. The highest BCUT2D eigenvalue weighted by Gasteiger charge is 2.40. The quantitative estimate of drug-likeness (QED) is 0.446. The fraction of sp³-hybridized carbons (Fsp3) is 0.214. The number of hydrogen-bond acceptors (Lipinski definition) is 5. The maximum atomic E-state index is 13.8. The summed E-state index contributed by atoms with van der Waals surface area (Å²) in [5.74, 6) is 2.56. The normalized spacial score (nSPS) is 19.4. The first-order valence-electron chi connectivity index (χ1n) is 11.4. The Hall–Kier alpha value is -4.06. The van der Waals surface area contributed by atoms with Crippen LogP contribution in [-0.2, 0) is 4.79 Å². The van der Waals surface area contributed by atoms with E-state index in [4.69, 9.17) is 14.5 Å². The third-order valence-corrected chi connectivity index (χ3v) is 6.92. The van der Waals surface area contributed by atoms with Crippen LogP contribution in [0.15, 0.2) is 84.1 Å². The van der Waals surface area contributed by atoms with Crippen molar-refractivity contribution >= 4 is 22.8 Å². The van der Waals surface area contributed by atoms with Crippen molar-refractivity contribution in [3.05, 3.63) is 95.2 Å². The van der Waals surface area contributed by atoms with Crippen molar-refractivity contribution in [2.45, 2.75) is 24.8 Å². The van der Waals surface area contributed by atoms with Crippen molar-refractivity contribution in [3.8, 4) is 11.5 Å². The van der Waals surface area contributed by atoms with E-state index < -0.39 is 0 Å². The standard InChI is InChI=1S/C28H25N3O3/c1-33-19-13-11-17(12-14-19)18-15-22-26(24(32)16-18)27(20-7-3-6-10-25(20)34-2)31-23-9-5-4-8-21(23)29-28(31)30-22/h3-14,18,27H,15-16H2,1-2H3,(H,29,30). The molecule has 0 saturated carbocycles. The number of methoxy groups -OCH3 is 2. The average molecular weight is 452 g/mol. The van der Waals surface area contributed by atoms with Gasteiger partial charge in [-0.25, -0.2) is 4.98 Å². The molecule has 4 aromatic rings. The zero-order valence-corrected chi connectivity index (χ0v) is 19.1. The van der Waals surface area contributed by atoms with Crippen molar-refractivity contribution in [3.63, 3.8) is 0 Å². The van der Waals surface area contributed by atoms with Crippen molar-refractivity contribution in [2.24, 2.45) is 0 Å². The number of benzene rings is 3. The molecule has 2 heterocycles. The lowest BCUT2D eigenvalue weighted by molar-refractivity contribution is -0.116. The molecule has 0 radical (unpaired) electrons. The predicted molar refractivity (Wildman–Crippen MR) is 131 cm³/mol. The number of nitrogens with one attached hydrogen (secondary N) is 1. The summed E-state index contributed by atoms with van der Waals surface area (Å²) in [5.41, 5.74) is 5.71. The van der Waals surface area contributed by atoms with Crippen molar-refractivity contribution in [2.75, 3.05) is 19.5 Å². The fourth-order valence-corrected chi connectivity index (χ4v) is 5.32. The van der Waals surface area contributed by atoms with Crippen LogP contribution in [0.3, 0.4) is 0 Å². The summed E-state index contributed by atoms with van der Waals surface area (Å²) in [7, 11) is 3.33. The third-order valence-electron chi connectivity index (χ3n) is 6.92. The zero-order chi connectivity index (χ0) is 23.2. The van der Waals surface area contributed by atoms with Crippen molar-refractivity contribution < 1.29 is 14.3 Å². The molecule has 2 unspecified atom stereocenters. The largest absolute Gasteiger partial charge is 0.497 e. The van der Waals surface area contributed by atoms with Crippen LogP contribution in [0.1, 0.15) is 35.9 Å². The lowest BCUT2D eigenvalue weighted by Gasteiger charge is -2.36. The van der Waals surface area contributed by atoms with Crippen LogP contribution in [0.5, 0.6) is 11.5 Å². The second kappa shape index (κ2) is 8.06. The number of carbonyl (C=O) groups is 1. The molecular formula is C28H25N3O3. The molecule has 1 N–H and O–H groups in total. The Kier molecular flexibility index (Phi) is 4.87. The summed E-state index contributed by atoms with van der Waals surface area (Å²) in [5, 5.41) is 3.52. The van der Waals surface area contributed by atoms with E-state index >= 15 is 0 Å². The minimum absolute atomic E-state index is 0.0962. The number of ketones is 1. The number of fused-ring (bicyclic) bond motifs is 3. The minimum atomic E-state index is -0.306. The SMILES string of the molecule is COc1ccc(C2CC(=O)C3=C(C2)Nc2nc4ccccc4n2C3c2ccccc2OC)cc1. The van der Waals surface area contributed by atoms with Gasteiger partial charge in [-0.2, -0.15) is 0 Å². The topological polar surface area (TPSA) is 65.4 Å². The first kappa shape index (κ1) is 20.5. The second-order valence-electron chi connectivity index (χ2n) is 8.76. The van der Waals surface area contributed by atoms with E-state index in [1.165, 1.54) is 0 Å². The number of hydrogen-bond donors (Lipinski definition) is 1. The van der Waals surface area contributed by atoms with Gasteiger partial charge < -0.3 is 14.8 Å². The minimum Gasteiger partial charge on any atom is -0.497 e. The molecule has 0 fully saturated rings. The molecule has 0 saturated heterocycles. The first-order valence-corrected chi connectivity index (χ1v) is 11.4. The number of allylic oxidation sites excluding steroid dienone is 2. The van der Waals surface area contributed by atoms with Gasteiger partial charge in [0.2, 0.25) is 5.95 Å². The first-order chi connectivity index (χ1) is 16.7. The average Bonchev–Trinajstić information content (AvgIpc) is 3.25. The smallest absolute Gasteiger partial charge is 0.209 e.